The van der Waals surface area contributed by atoms with Gasteiger partial charge in [-0.2, -0.15) is 8.75 Å². The van der Waals surface area contributed by atoms with E-state index in [1.54, 1.807) is 13.0 Å². The number of hydrogen-bond donors (Lipinski definition) is 1. The molecule has 1 unspecified atom stereocenters. The number of fused-ring (bicyclic) bond motifs is 1. The molecule has 0 radical (unpaired) electrons. The minimum atomic E-state index is -0.638. The van der Waals surface area contributed by atoms with Crippen LogP contribution in [0.3, 0.4) is 0 Å². The number of anilines is 1. The first-order chi connectivity index (χ1) is 10.0. The van der Waals surface area contributed by atoms with Gasteiger partial charge >= 0.3 is 0 Å². The summed E-state index contributed by atoms with van der Waals surface area (Å²) in [7, 11) is 0. The largest absolute Gasteiger partial charge is 0.370 e. The Balaban J connectivity index is 1.98. The Bertz CT molecular complexity index is 748. The van der Waals surface area contributed by atoms with Crippen molar-refractivity contribution in [1.29, 1.82) is 0 Å². The molecule has 3 rings (SSSR count). The fourth-order valence-electron chi connectivity index (χ4n) is 2.31. The average molecular weight is 345 g/mol. The van der Waals surface area contributed by atoms with E-state index in [1.807, 2.05) is 0 Å². The zero-order valence-electron chi connectivity index (χ0n) is 10.9. The molecule has 1 aliphatic heterocycles. The van der Waals surface area contributed by atoms with Crippen molar-refractivity contribution in [3.8, 4) is 0 Å². The van der Waals surface area contributed by atoms with E-state index in [0.29, 0.717) is 33.3 Å². The van der Waals surface area contributed by atoms with Gasteiger partial charge in [-0.15, -0.1) is 0 Å². The number of nitrogens with one attached hydrogen (secondary N) is 1. The summed E-state index contributed by atoms with van der Waals surface area (Å²) in [6.45, 7) is 2.12. The van der Waals surface area contributed by atoms with E-state index in [9.17, 15) is 9.59 Å². The molecule has 1 N–H and O–H groups in total. The van der Waals surface area contributed by atoms with Gasteiger partial charge in [0.15, 0.2) is 0 Å². The number of carbonyl (C=O) groups excluding carboxylic acids is 2. The van der Waals surface area contributed by atoms with Gasteiger partial charge in [0.2, 0.25) is 5.91 Å². The molecule has 1 atom stereocenters. The lowest BCUT2D eigenvalue weighted by Gasteiger charge is -2.15. The monoisotopic (exact) mass is 344 g/mol. The molecular formula is C12H10Cl2N4O2S. The van der Waals surface area contributed by atoms with Crippen molar-refractivity contribution in [3.63, 3.8) is 0 Å². The first-order valence-corrected chi connectivity index (χ1v) is 7.72. The summed E-state index contributed by atoms with van der Waals surface area (Å²) in [5, 5.41) is 3.76. The van der Waals surface area contributed by atoms with E-state index in [-0.39, 0.29) is 18.2 Å². The van der Waals surface area contributed by atoms with Crippen LogP contribution in [0.25, 0.3) is 11.0 Å². The van der Waals surface area contributed by atoms with Gasteiger partial charge in [-0.25, -0.2) is 0 Å². The summed E-state index contributed by atoms with van der Waals surface area (Å²) in [5.41, 5.74) is 1.51. The molecule has 2 amide bonds. The van der Waals surface area contributed by atoms with E-state index in [2.05, 4.69) is 14.1 Å². The first kappa shape index (κ1) is 14.5. The van der Waals surface area contributed by atoms with Gasteiger partial charge < -0.3 is 5.32 Å². The maximum atomic E-state index is 12.1. The van der Waals surface area contributed by atoms with Gasteiger partial charge in [-0.1, -0.05) is 23.2 Å². The summed E-state index contributed by atoms with van der Waals surface area (Å²) < 4.78 is 8.25. The van der Waals surface area contributed by atoms with Crippen molar-refractivity contribution in [3.05, 3.63) is 16.1 Å². The smallest absolute Gasteiger partial charge is 0.252 e. The predicted octanol–water partition coefficient (Wildman–Crippen LogP) is 2.56. The molecule has 1 fully saturated rings. The van der Waals surface area contributed by atoms with Crippen LogP contribution in [-0.2, 0) is 9.59 Å². The molecule has 1 aromatic heterocycles. The fraction of sp³-hybridized carbons (Fsp3) is 0.333. The molecule has 0 spiro atoms. The van der Waals surface area contributed by atoms with Gasteiger partial charge in [0.1, 0.15) is 17.1 Å². The van der Waals surface area contributed by atoms with Crippen LogP contribution in [0.4, 0.5) is 5.69 Å². The van der Waals surface area contributed by atoms with Crippen LogP contribution < -0.4 is 5.32 Å². The Morgan fingerprint density at radius 3 is 2.71 bits per heavy atom. The van der Waals surface area contributed by atoms with Crippen LogP contribution in [0.1, 0.15) is 13.3 Å². The Hall–Kier alpha value is -1.44. The Morgan fingerprint density at radius 1 is 1.33 bits per heavy atom. The molecule has 2 heterocycles. The topological polar surface area (TPSA) is 75.2 Å². The van der Waals surface area contributed by atoms with Gasteiger partial charge in [0.25, 0.3) is 5.91 Å². The number of aromatic nitrogens is 2. The maximum Gasteiger partial charge on any atom is 0.252 e. The van der Waals surface area contributed by atoms with Crippen molar-refractivity contribution in [2.45, 2.75) is 19.4 Å². The molecular weight excluding hydrogens is 335 g/mol. The highest BCUT2D eigenvalue weighted by Crippen LogP contribution is 2.36. The Morgan fingerprint density at radius 2 is 2.05 bits per heavy atom. The van der Waals surface area contributed by atoms with E-state index < -0.39 is 6.04 Å². The molecule has 1 saturated heterocycles. The van der Waals surface area contributed by atoms with E-state index in [1.165, 1.54) is 4.90 Å². The molecule has 110 valence electrons. The molecule has 0 bridgehead atoms. The number of carbonyl (C=O) groups is 2. The zero-order chi connectivity index (χ0) is 15.1. The van der Waals surface area contributed by atoms with Crippen molar-refractivity contribution in [2.75, 3.05) is 11.9 Å². The molecule has 0 saturated carbocycles. The van der Waals surface area contributed by atoms with Crippen LogP contribution in [0.2, 0.25) is 10.0 Å². The molecule has 0 aliphatic carbocycles. The molecule has 9 heteroatoms. The lowest BCUT2D eigenvalue weighted by atomic mass is 10.2. The number of halogens is 2. The van der Waals surface area contributed by atoms with E-state index in [4.69, 9.17) is 23.2 Å². The van der Waals surface area contributed by atoms with Crippen molar-refractivity contribution in [1.82, 2.24) is 13.6 Å². The molecule has 1 aliphatic rings. The van der Waals surface area contributed by atoms with Crippen LogP contribution in [0, 0.1) is 0 Å². The number of amides is 2. The number of benzene rings is 1. The van der Waals surface area contributed by atoms with Crippen LogP contribution >= 0.6 is 34.9 Å². The molecule has 21 heavy (non-hydrogen) atoms. The number of imide groups is 1. The molecule has 2 aromatic rings. The predicted molar refractivity (Wildman–Crippen MR) is 81.9 cm³/mol. The Kier molecular flexibility index (Phi) is 3.73. The van der Waals surface area contributed by atoms with Gasteiger partial charge in [-0.05, 0) is 13.0 Å². The van der Waals surface area contributed by atoms with Gasteiger partial charge in [0.05, 0.1) is 33.9 Å². The first-order valence-electron chi connectivity index (χ1n) is 6.24. The lowest BCUT2D eigenvalue weighted by molar-refractivity contribution is -0.138. The van der Waals surface area contributed by atoms with Crippen LogP contribution in [-0.4, -0.2) is 38.0 Å². The van der Waals surface area contributed by atoms with Gasteiger partial charge in [-0.3, -0.25) is 14.5 Å². The Labute approximate surface area is 134 Å². The molecule has 6 nitrogen and oxygen atoms in total. The number of nitrogens with zero attached hydrogens (tertiary/aromatic N) is 3. The van der Waals surface area contributed by atoms with Crippen LogP contribution in [0.5, 0.6) is 0 Å². The quantitative estimate of drug-likeness (QED) is 0.866. The normalized spacial score (nSPS) is 18.8. The minimum Gasteiger partial charge on any atom is -0.370 e. The number of likely N-dealkylation sites (tertiary alicyclic amines) is 1. The maximum absolute atomic E-state index is 12.1. The summed E-state index contributed by atoms with van der Waals surface area (Å²) in [5.74, 6) is -0.456. The van der Waals surface area contributed by atoms with Crippen molar-refractivity contribution in [2.24, 2.45) is 0 Å². The zero-order valence-corrected chi connectivity index (χ0v) is 13.2. The summed E-state index contributed by atoms with van der Waals surface area (Å²) >= 11 is 13.2. The number of hydrogen-bond acceptors (Lipinski definition) is 6. The minimum absolute atomic E-state index is 0.102. The lowest BCUT2D eigenvalue weighted by Crippen LogP contribution is -2.34. The summed E-state index contributed by atoms with van der Waals surface area (Å²) in [6.07, 6.45) is 0.102. The average Bonchev–Trinajstić information content (AvgIpc) is 3.01. The summed E-state index contributed by atoms with van der Waals surface area (Å²) in [6, 6.07) is 0.912. The van der Waals surface area contributed by atoms with E-state index in [0.717, 1.165) is 11.7 Å². The van der Waals surface area contributed by atoms with Crippen LogP contribution in [0.15, 0.2) is 6.07 Å². The van der Waals surface area contributed by atoms with Crippen molar-refractivity contribution < 1.29 is 9.59 Å². The fourth-order valence-corrected chi connectivity index (χ4v) is 3.48. The third kappa shape index (κ3) is 2.35. The number of rotatable bonds is 3. The molecule has 1 aromatic carbocycles. The number of likely N-dealkylation sites (N-methyl/N-ethyl adjacent to an activating group) is 1. The second-order valence-electron chi connectivity index (χ2n) is 4.55. The third-order valence-electron chi connectivity index (χ3n) is 3.32. The highest BCUT2D eigenvalue weighted by Gasteiger charge is 2.38. The van der Waals surface area contributed by atoms with Crippen molar-refractivity contribution >= 4 is 63.5 Å². The highest BCUT2D eigenvalue weighted by molar-refractivity contribution is 7.00. The second-order valence-corrected chi connectivity index (χ2v) is 5.90. The SMILES string of the molecule is CCN1C(=O)CC(Nc2c(Cl)cc(Cl)c3nsnc23)C1=O. The van der Waals surface area contributed by atoms with Gasteiger partial charge in [0, 0.05) is 6.54 Å². The van der Waals surface area contributed by atoms with E-state index >= 15 is 0 Å². The third-order valence-corrected chi connectivity index (χ3v) is 4.44. The standard InChI is InChI=1S/C12H10Cl2N4O2S/c1-2-18-8(19)4-7(12(18)20)15-9-5(13)3-6(14)10-11(9)17-21-16-10/h3,7,15H,2,4H2,1H3. The summed E-state index contributed by atoms with van der Waals surface area (Å²) in [4.78, 5) is 25.1. The highest BCUT2D eigenvalue weighted by atomic mass is 35.5. The second kappa shape index (κ2) is 5.40.